The van der Waals surface area contributed by atoms with Crippen LogP contribution in [0.1, 0.15) is 18.1 Å². The predicted molar refractivity (Wildman–Crippen MR) is 89.1 cm³/mol. The maximum absolute atomic E-state index is 12.1. The molecule has 0 unspecified atom stereocenters. The Morgan fingerprint density at radius 2 is 1.86 bits per heavy atom. The number of nitrogens with two attached hydrogens (primary N) is 1. The van der Waals surface area contributed by atoms with Crippen LogP contribution in [-0.2, 0) is 17.6 Å². The molecule has 3 N–H and O–H groups in total. The molecular formula is C18H22N2O2. The predicted octanol–water partition coefficient (Wildman–Crippen LogP) is 2.77. The molecule has 0 saturated heterocycles. The molecule has 2 aromatic rings. The van der Waals surface area contributed by atoms with E-state index in [1.54, 1.807) is 0 Å². The Labute approximate surface area is 131 Å². The minimum Gasteiger partial charge on any atom is -0.492 e. The highest BCUT2D eigenvalue weighted by Gasteiger charge is 2.05. The normalized spacial score (nSPS) is 10.3. The molecule has 0 aliphatic carbocycles. The summed E-state index contributed by atoms with van der Waals surface area (Å²) in [7, 11) is 0. The highest BCUT2D eigenvalue weighted by atomic mass is 16.5. The fraction of sp³-hybridized carbons (Fsp3) is 0.278. The van der Waals surface area contributed by atoms with Crippen molar-refractivity contribution >= 4 is 11.6 Å². The van der Waals surface area contributed by atoms with Gasteiger partial charge in [-0.3, -0.25) is 4.79 Å². The number of anilines is 1. The summed E-state index contributed by atoms with van der Waals surface area (Å²) in [5.74, 6) is 0.725. The van der Waals surface area contributed by atoms with Gasteiger partial charge in [0.2, 0.25) is 5.91 Å². The molecular weight excluding hydrogens is 276 g/mol. The molecule has 0 spiro atoms. The minimum absolute atomic E-state index is 0.0242. The number of ether oxygens (including phenoxy) is 1. The van der Waals surface area contributed by atoms with Gasteiger partial charge < -0.3 is 15.8 Å². The van der Waals surface area contributed by atoms with Crippen molar-refractivity contribution in [3.8, 4) is 5.75 Å². The molecule has 0 aromatic heterocycles. The van der Waals surface area contributed by atoms with Crippen molar-refractivity contribution in [3.63, 3.8) is 0 Å². The quantitative estimate of drug-likeness (QED) is 0.826. The summed E-state index contributed by atoms with van der Waals surface area (Å²) in [5, 5.41) is 2.89. The molecule has 0 bridgehead atoms. The van der Waals surface area contributed by atoms with E-state index in [0.29, 0.717) is 19.6 Å². The third-order valence-electron chi connectivity index (χ3n) is 3.29. The second kappa shape index (κ2) is 8.20. The van der Waals surface area contributed by atoms with E-state index >= 15 is 0 Å². The number of hydrogen-bond acceptors (Lipinski definition) is 3. The van der Waals surface area contributed by atoms with Crippen molar-refractivity contribution in [3.05, 3.63) is 59.7 Å². The summed E-state index contributed by atoms with van der Waals surface area (Å²) in [5.41, 5.74) is 8.41. The Hall–Kier alpha value is -2.33. The van der Waals surface area contributed by atoms with Crippen molar-refractivity contribution in [1.82, 2.24) is 0 Å². The molecule has 0 atom stereocenters. The molecule has 4 heteroatoms. The second-order valence-electron chi connectivity index (χ2n) is 5.06. The molecule has 2 rings (SSSR count). The molecule has 116 valence electrons. The lowest BCUT2D eigenvalue weighted by Gasteiger charge is -2.08. The van der Waals surface area contributed by atoms with Crippen LogP contribution >= 0.6 is 0 Å². The van der Waals surface area contributed by atoms with Crippen LogP contribution in [0.15, 0.2) is 48.5 Å². The molecule has 0 radical (unpaired) electrons. The number of carbonyl (C=O) groups excluding carboxylic acids is 1. The summed E-state index contributed by atoms with van der Waals surface area (Å²) in [4.78, 5) is 12.1. The van der Waals surface area contributed by atoms with Gasteiger partial charge in [0.25, 0.3) is 0 Å². The van der Waals surface area contributed by atoms with Crippen LogP contribution in [0.5, 0.6) is 5.75 Å². The number of carbonyl (C=O) groups is 1. The number of rotatable bonds is 7. The first kappa shape index (κ1) is 16.0. The summed E-state index contributed by atoms with van der Waals surface area (Å²) >= 11 is 0. The van der Waals surface area contributed by atoms with Gasteiger partial charge in [0, 0.05) is 12.2 Å². The number of benzene rings is 2. The van der Waals surface area contributed by atoms with E-state index in [4.69, 9.17) is 10.5 Å². The standard InChI is InChI=1S/C18H22N2O2/c1-2-14-4-3-5-15(12-14)13-18(21)20-16-6-8-17(9-7-16)22-11-10-19/h3-9,12H,2,10-11,13,19H2,1H3,(H,20,21). The lowest BCUT2D eigenvalue weighted by molar-refractivity contribution is -0.115. The number of amides is 1. The Kier molecular flexibility index (Phi) is 5.98. The third-order valence-corrected chi connectivity index (χ3v) is 3.29. The first-order chi connectivity index (χ1) is 10.7. The van der Waals surface area contributed by atoms with Gasteiger partial charge in [0.15, 0.2) is 0 Å². The SMILES string of the molecule is CCc1cccc(CC(=O)Nc2ccc(OCCN)cc2)c1. The molecule has 0 fully saturated rings. The van der Waals surface area contributed by atoms with Crippen LogP contribution in [0.4, 0.5) is 5.69 Å². The Morgan fingerprint density at radius 1 is 1.14 bits per heavy atom. The maximum atomic E-state index is 12.1. The second-order valence-corrected chi connectivity index (χ2v) is 5.06. The zero-order chi connectivity index (χ0) is 15.8. The van der Waals surface area contributed by atoms with E-state index in [1.807, 2.05) is 36.4 Å². The molecule has 0 saturated carbocycles. The van der Waals surface area contributed by atoms with E-state index in [0.717, 1.165) is 23.4 Å². The summed E-state index contributed by atoms with van der Waals surface area (Å²) in [6, 6.07) is 15.4. The van der Waals surface area contributed by atoms with Crippen molar-refractivity contribution in [2.75, 3.05) is 18.5 Å². The lowest BCUT2D eigenvalue weighted by atomic mass is 10.1. The number of aryl methyl sites for hydroxylation is 1. The smallest absolute Gasteiger partial charge is 0.228 e. The highest BCUT2D eigenvalue weighted by Crippen LogP contribution is 2.16. The zero-order valence-electron chi connectivity index (χ0n) is 12.8. The van der Waals surface area contributed by atoms with Gasteiger partial charge in [0.05, 0.1) is 6.42 Å². The topological polar surface area (TPSA) is 64.3 Å². The summed E-state index contributed by atoms with van der Waals surface area (Å²) < 4.78 is 5.40. The van der Waals surface area contributed by atoms with Crippen molar-refractivity contribution in [2.45, 2.75) is 19.8 Å². The molecule has 0 heterocycles. The van der Waals surface area contributed by atoms with Crippen LogP contribution in [0.2, 0.25) is 0 Å². The molecule has 0 aliphatic heterocycles. The van der Waals surface area contributed by atoms with Crippen molar-refractivity contribution in [2.24, 2.45) is 5.73 Å². The average Bonchev–Trinajstić information content (AvgIpc) is 2.54. The van der Waals surface area contributed by atoms with Crippen LogP contribution in [0.3, 0.4) is 0 Å². The summed E-state index contributed by atoms with van der Waals surface area (Å²) in [6.45, 7) is 3.07. The lowest BCUT2D eigenvalue weighted by Crippen LogP contribution is -2.14. The van der Waals surface area contributed by atoms with Crippen molar-refractivity contribution in [1.29, 1.82) is 0 Å². The van der Waals surface area contributed by atoms with E-state index in [9.17, 15) is 4.79 Å². The average molecular weight is 298 g/mol. The van der Waals surface area contributed by atoms with Gasteiger partial charge in [0.1, 0.15) is 12.4 Å². The molecule has 4 nitrogen and oxygen atoms in total. The third kappa shape index (κ3) is 4.90. The van der Waals surface area contributed by atoms with E-state index in [-0.39, 0.29) is 5.91 Å². The largest absolute Gasteiger partial charge is 0.492 e. The van der Waals surface area contributed by atoms with Crippen LogP contribution < -0.4 is 15.8 Å². The minimum atomic E-state index is -0.0242. The van der Waals surface area contributed by atoms with Gasteiger partial charge in [-0.15, -0.1) is 0 Å². The molecule has 22 heavy (non-hydrogen) atoms. The van der Waals surface area contributed by atoms with E-state index in [2.05, 4.69) is 24.4 Å². The molecule has 1 amide bonds. The molecule has 0 aliphatic rings. The van der Waals surface area contributed by atoms with E-state index < -0.39 is 0 Å². The Bertz CT molecular complexity index is 609. The van der Waals surface area contributed by atoms with Crippen LogP contribution in [-0.4, -0.2) is 19.1 Å². The fourth-order valence-electron chi connectivity index (χ4n) is 2.16. The first-order valence-corrected chi connectivity index (χ1v) is 7.52. The van der Waals surface area contributed by atoms with Gasteiger partial charge in [-0.05, 0) is 41.8 Å². The van der Waals surface area contributed by atoms with Gasteiger partial charge in [-0.1, -0.05) is 31.2 Å². The van der Waals surface area contributed by atoms with Crippen LogP contribution in [0, 0.1) is 0 Å². The van der Waals surface area contributed by atoms with Crippen LogP contribution in [0.25, 0.3) is 0 Å². The Balaban J connectivity index is 1.91. The van der Waals surface area contributed by atoms with Gasteiger partial charge in [-0.2, -0.15) is 0 Å². The number of hydrogen-bond donors (Lipinski definition) is 2. The monoisotopic (exact) mass is 298 g/mol. The van der Waals surface area contributed by atoms with Gasteiger partial charge in [-0.25, -0.2) is 0 Å². The molecule has 2 aromatic carbocycles. The zero-order valence-corrected chi connectivity index (χ0v) is 12.8. The van der Waals surface area contributed by atoms with E-state index in [1.165, 1.54) is 5.56 Å². The van der Waals surface area contributed by atoms with Crippen molar-refractivity contribution < 1.29 is 9.53 Å². The number of nitrogens with one attached hydrogen (secondary N) is 1. The highest BCUT2D eigenvalue weighted by molar-refractivity contribution is 5.92. The first-order valence-electron chi connectivity index (χ1n) is 7.52. The summed E-state index contributed by atoms with van der Waals surface area (Å²) in [6.07, 6.45) is 1.35. The Morgan fingerprint density at radius 3 is 2.55 bits per heavy atom. The maximum Gasteiger partial charge on any atom is 0.228 e. The fourth-order valence-corrected chi connectivity index (χ4v) is 2.16. The van der Waals surface area contributed by atoms with Gasteiger partial charge >= 0.3 is 0 Å².